The van der Waals surface area contributed by atoms with Crippen molar-refractivity contribution >= 4 is 29.2 Å². The van der Waals surface area contributed by atoms with Crippen LogP contribution in [0.25, 0.3) is 11.3 Å². The number of ether oxygens (including phenoxy) is 2. The van der Waals surface area contributed by atoms with Crippen LogP contribution in [0.2, 0.25) is 10.0 Å². The maximum absolute atomic E-state index is 11.8. The number of terminal acetylenes is 1. The highest BCUT2D eigenvalue weighted by Crippen LogP contribution is 2.37. The molecule has 2 aromatic rings. The largest absolute Gasteiger partial charge is 0.478 e. The fraction of sp³-hybridized carbons (Fsp3) is 0.214. The molecule has 0 amide bonds. The summed E-state index contributed by atoms with van der Waals surface area (Å²) < 4.78 is 10.2. The van der Waals surface area contributed by atoms with Gasteiger partial charge in [-0.1, -0.05) is 29.1 Å². The van der Waals surface area contributed by atoms with E-state index in [9.17, 15) is 4.79 Å². The zero-order chi connectivity index (χ0) is 16.1. The average Bonchev–Trinajstić information content (AvgIpc) is 2.96. The highest BCUT2D eigenvalue weighted by Gasteiger charge is 2.21. The van der Waals surface area contributed by atoms with Gasteiger partial charge in [0, 0.05) is 5.56 Å². The van der Waals surface area contributed by atoms with Crippen LogP contribution in [0.4, 0.5) is 0 Å². The number of benzene rings is 1. The smallest absolute Gasteiger partial charge is 0.361 e. The third-order valence-corrected chi connectivity index (χ3v) is 3.15. The second-order valence-electron chi connectivity index (χ2n) is 4.00. The van der Waals surface area contributed by atoms with Gasteiger partial charge in [0.25, 0.3) is 0 Å². The van der Waals surface area contributed by atoms with Crippen molar-refractivity contribution in [1.82, 2.24) is 15.4 Å². The number of nitrogens with zero attached hydrogens (tertiary/aromatic N) is 2. The summed E-state index contributed by atoms with van der Waals surface area (Å²) in [4.78, 5) is 11.8. The summed E-state index contributed by atoms with van der Waals surface area (Å²) >= 11 is 12.3. The lowest BCUT2D eigenvalue weighted by atomic mass is 10.1. The lowest BCUT2D eigenvalue weighted by molar-refractivity contribution is 0.0520. The van der Waals surface area contributed by atoms with Crippen LogP contribution in [0, 0.1) is 12.3 Å². The van der Waals surface area contributed by atoms with Crippen LogP contribution in [0.15, 0.2) is 12.1 Å². The number of carbonyl (C=O) groups excluding carboxylic acids is 1. The molecule has 1 aromatic heterocycles. The van der Waals surface area contributed by atoms with Crippen molar-refractivity contribution in [2.45, 2.75) is 6.92 Å². The van der Waals surface area contributed by atoms with Crippen molar-refractivity contribution < 1.29 is 14.3 Å². The molecule has 0 aliphatic rings. The Morgan fingerprint density at radius 1 is 1.36 bits per heavy atom. The van der Waals surface area contributed by atoms with Crippen molar-refractivity contribution in [3.8, 4) is 29.4 Å². The molecule has 0 saturated heterocycles. The summed E-state index contributed by atoms with van der Waals surface area (Å²) in [5, 5.41) is 10.6. The number of hydrogen-bond acceptors (Lipinski definition) is 5. The molecule has 0 aliphatic carbocycles. The molecule has 22 heavy (non-hydrogen) atoms. The zero-order valence-electron chi connectivity index (χ0n) is 11.5. The maximum Gasteiger partial charge on any atom is 0.361 e. The third-order valence-electron chi connectivity index (χ3n) is 2.59. The first-order valence-electron chi connectivity index (χ1n) is 6.22. The molecular formula is C14H11Cl2N3O3. The topological polar surface area (TPSA) is 77.1 Å². The molecule has 0 saturated carbocycles. The molecule has 1 N–H and O–H groups in total. The molecule has 1 aromatic carbocycles. The molecule has 114 valence electrons. The van der Waals surface area contributed by atoms with Gasteiger partial charge >= 0.3 is 5.97 Å². The van der Waals surface area contributed by atoms with Crippen LogP contribution in [-0.2, 0) is 4.74 Å². The first kappa shape index (κ1) is 16.1. The fourth-order valence-corrected chi connectivity index (χ4v) is 2.32. The molecule has 2 rings (SSSR count). The third kappa shape index (κ3) is 3.32. The van der Waals surface area contributed by atoms with Crippen molar-refractivity contribution in [3.63, 3.8) is 0 Å². The molecule has 0 aliphatic heterocycles. The van der Waals surface area contributed by atoms with E-state index in [1.807, 2.05) is 0 Å². The number of aromatic amines is 1. The Kier molecular flexibility index (Phi) is 5.26. The Bertz CT molecular complexity index is 714. The van der Waals surface area contributed by atoms with Gasteiger partial charge in [-0.05, 0) is 19.1 Å². The minimum absolute atomic E-state index is 0.0385. The second-order valence-corrected chi connectivity index (χ2v) is 4.82. The monoisotopic (exact) mass is 339 g/mol. The summed E-state index contributed by atoms with van der Waals surface area (Å²) in [6.45, 7) is 1.96. The zero-order valence-corrected chi connectivity index (χ0v) is 13.0. The summed E-state index contributed by atoms with van der Waals surface area (Å²) in [5.41, 5.74) is 0.830. The van der Waals surface area contributed by atoms with E-state index in [1.54, 1.807) is 19.1 Å². The van der Waals surface area contributed by atoms with Crippen molar-refractivity contribution in [2.24, 2.45) is 0 Å². The molecule has 0 atom stereocenters. The minimum atomic E-state index is -0.592. The summed E-state index contributed by atoms with van der Waals surface area (Å²) in [7, 11) is 0. The molecule has 0 radical (unpaired) electrons. The first-order valence-corrected chi connectivity index (χ1v) is 6.97. The number of nitrogens with one attached hydrogen (secondary N) is 1. The Morgan fingerprint density at radius 2 is 2.05 bits per heavy atom. The molecule has 8 heteroatoms. The Morgan fingerprint density at radius 3 is 2.64 bits per heavy atom. The van der Waals surface area contributed by atoms with E-state index >= 15 is 0 Å². The molecule has 0 unspecified atom stereocenters. The number of rotatable bonds is 5. The molecular weight excluding hydrogens is 329 g/mol. The Labute approximate surface area is 136 Å². The van der Waals surface area contributed by atoms with Crippen LogP contribution in [0.3, 0.4) is 0 Å². The van der Waals surface area contributed by atoms with E-state index in [0.29, 0.717) is 5.56 Å². The van der Waals surface area contributed by atoms with Gasteiger partial charge < -0.3 is 9.47 Å². The highest BCUT2D eigenvalue weighted by molar-refractivity contribution is 6.37. The van der Waals surface area contributed by atoms with Gasteiger partial charge in [-0.15, -0.1) is 11.5 Å². The average molecular weight is 340 g/mol. The standard InChI is InChI=1S/C14H11Cl2N3O3/c1-3-5-22-13-9(15)6-8(7-10(13)16)11-12(18-19-17-11)14(20)21-4-2/h1,6-7H,4-5H2,2H3,(H,17,18,19). The molecule has 1 heterocycles. The molecule has 0 spiro atoms. The minimum Gasteiger partial charge on any atom is -0.478 e. The van der Waals surface area contributed by atoms with Crippen molar-refractivity contribution in [2.75, 3.05) is 13.2 Å². The van der Waals surface area contributed by atoms with Crippen LogP contribution >= 0.6 is 23.2 Å². The quantitative estimate of drug-likeness (QED) is 0.669. The van der Waals surface area contributed by atoms with Crippen LogP contribution in [0.5, 0.6) is 5.75 Å². The predicted molar refractivity (Wildman–Crippen MR) is 82.1 cm³/mol. The summed E-state index contributed by atoms with van der Waals surface area (Å²) in [5.74, 6) is 2.00. The van der Waals surface area contributed by atoms with Gasteiger partial charge in [0.1, 0.15) is 12.3 Å². The van der Waals surface area contributed by atoms with Crippen LogP contribution in [-0.4, -0.2) is 34.6 Å². The van der Waals surface area contributed by atoms with Gasteiger partial charge in [0.2, 0.25) is 0 Å². The number of esters is 1. The lowest BCUT2D eigenvalue weighted by Crippen LogP contribution is -2.06. The van der Waals surface area contributed by atoms with Gasteiger partial charge in [0.05, 0.1) is 16.7 Å². The SMILES string of the molecule is C#CCOc1c(Cl)cc(-c2n[nH]nc2C(=O)OCC)cc1Cl. The Balaban J connectivity index is 2.41. The molecule has 6 nitrogen and oxygen atoms in total. The van der Waals surface area contributed by atoms with E-state index in [-0.39, 0.29) is 40.4 Å². The number of hydrogen-bond donors (Lipinski definition) is 1. The molecule has 0 bridgehead atoms. The van der Waals surface area contributed by atoms with Crippen molar-refractivity contribution in [1.29, 1.82) is 0 Å². The Hall–Kier alpha value is -2.23. The van der Waals surface area contributed by atoms with Gasteiger partial charge in [-0.25, -0.2) is 4.79 Å². The summed E-state index contributed by atoms with van der Waals surface area (Å²) in [6.07, 6.45) is 5.13. The fourth-order valence-electron chi connectivity index (χ4n) is 1.72. The number of H-pyrrole nitrogens is 1. The van der Waals surface area contributed by atoms with E-state index in [0.717, 1.165) is 0 Å². The van der Waals surface area contributed by atoms with E-state index in [4.69, 9.17) is 39.1 Å². The molecule has 0 fully saturated rings. The highest BCUT2D eigenvalue weighted by atomic mass is 35.5. The van der Waals surface area contributed by atoms with Crippen molar-refractivity contribution in [3.05, 3.63) is 27.9 Å². The number of halogens is 2. The van der Waals surface area contributed by atoms with Gasteiger partial charge in [-0.2, -0.15) is 10.3 Å². The van der Waals surface area contributed by atoms with Crippen LogP contribution < -0.4 is 4.74 Å². The van der Waals surface area contributed by atoms with E-state index in [2.05, 4.69) is 21.3 Å². The number of carbonyl (C=O) groups is 1. The summed E-state index contributed by atoms with van der Waals surface area (Å²) in [6, 6.07) is 3.11. The first-order chi connectivity index (χ1) is 10.6. The maximum atomic E-state index is 11.8. The predicted octanol–water partition coefficient (Wildman–Crippen LogP) is 2.97. The lowest BCUT2D eigenvalue weighted by Gasteiger charge is -2.09. The van der Waals surface area contributed by atoms with Crippen LogP contribution in [0.1, 0.15) is 17.4 Å². The normalized spacial score (nSPS) is 10.1. The number of aromatic nitrogens is 3. The van der Waals surface area contributed by atoms with E-state index < -0.39 is 5.97 Å². The second kappa shape index (κ2) is 7.16. The van der Waals surface area contributed by atoms with E-state index in [1.165, 1.54) is 0 Å². The van der Waals surface area contributed by atoms with Gasteiger partial charge in [0.15, 0.2) is 11.4 Å². The van der Waals surface area contributed by atoms with Gasteiger partial charge in [-0.3, -0.25) is 0 Å².